The smallest absolute Gasteiger partial charge is 0.248 e. The van der Waals surface area contributed by atoms with Crippen LogP contribution < -0.4 is 5.32 Å². The fourth-order valence-electron chi connectivity index (χ4n) is 1.23. The number of nitrogens with one attached hydrogen (secondary N) is 1. The molecular weight excluding hydrogens is 252 g/mol. The van der Waals surface area contributed by atoms with Gasteiger partial charge in [-0.15, -0.1) is 10.2 Å². The highest BCUT2D eigenvalue weighted by Crippen LogP contribution is 2.11. The molecular formula is C11H20N4O2S. The molecule has 1 aromatic rings. The fourth-order valence-corrected chi connectivity index (χ4v) is 1.98. The first kappa shape index (κ1) is 15.0. The molecule has 0 radical (unpaired) electrons. The zero-order valence-corrected chi connectivity index (χ0v) is 11.9. The molecule has 0 aliphatic heterocycles. The molecule has 1 atom stereocenters. The summed E-state index contributed by atoms with van der Waals surface area (Å²) in [6.07, 6.45) is 2.19. The van der Waals surface area contributed by atoms with Crippen LogP contribution >= 0.6 is 11.8 Å². The van der Waals surface area contributed by atoms with Gasteiger partial charge in [0.15, 0.2) is 5.16 Å². The second-order valence-corrected chi connectivity index (χ2v) is 4.94. The predicted molar refractivity (Wildman–Crippen MR) is 70.4 cm³/mol. The molecule has 1 rings (SSSR count). The van der Waals surface area contributed by atoms with Crippen LogP contribution in [0.1, 0.15) is 20.3 Å². The van der Waals surface area contributed by atoms with Gasteiger partial charge >= 0.3 is 0 Å². The third-order valence-corrected chi connectivity index (χ3v) is 3.28. The van der Waals surface area contributed by atoms with Gasteiger partial charge in [0.25, 0.3) is 0 Å². The topological polar surface area (TPSA) is 69.0 Å². The molecule has 1 heterocycles. The standard InChI is InChI=1S/C11H20N4O2S/c1-4-6-17-9(2)10(16)12-5-7-18-11-14-13-8-15(11)3/h8-9H,4-7H2,1-3H3,(H,12,16)/t9-/m1/s1. The molecule has 1 aromatic heterocycles. The van der Waals surface area contributed by atoms with Gasteiger partial charge in [-0.1, -0.05) is 18.7 Å². The number of amides is 1. The van der Waals surface area contributed by atoms with Gasteiger partial charge in [-0.3, -0.25) is 4.79 Å². The van der Waals surface area contributed by atoms with Crippen LogP contribution in [0.2, 0.25) is 0 Å². The lowest BCUT2D eigenvalue weighted by Gasteiger charge is -2.12. The molecule has 0 spiro atoms. The van der Waals surface area contributed by atoms with E-state index >= 15 is 0 Å². The maximum Gasteiger partial charge on any atom is 0.248 e. The van der Waals surface area contributed by atoms with E-state index in [9.17, 15) is 4.79 Å². The van der Waals surface area contributed by atoms with Crippen LogP contribution in [0, 0.1) is 0 Å². The summed E-state index contributed by atoms with van der Waals surface area (Å²) in [6, 6.07) is 0. The molecule has 1 N–H and O–H groups in total. The zero-order chi connectivity index (χ0) is 13.4. The number of hydrogen-bond acceptors (Lipinski definition) is 5. The van der Waals surface area contributed by atoms with Crippen molar-refractivity contribution in [1.82, 2.24) is 20.1 Å². The Morgan fingerprint density at radius 3 is 3.06 bits per heavy atom. The highest BCUT2D eigenvalue weighted by atomic mass is 32.2. The zero-order valence-electron chi connectivity index (χ0n) is 11.0. The maximum absolute atomic E-state index is 11.6. The molecule has 102 valence electrons. The SMILES string of the molecule is CCCO[C@H](C)C(=O)NCCSc1nncn1C. The normalized spacial score (nSPS) is 12.4. The van der Waals surface area contributed by atoms with Crippen molar-refractivity contribution >= 4 is 17.7 Å². The van der Waals surface area contributed by atoms with E-state index in [0.29, 0.717) is 13.2 Å². The summed E-state index contributed by atoms with van der Waals surface area (Å²) in [5.41, 5.74) is 0. The van der Waals surface area contributed by atoms with E-state index in [1.54, 1.807) is 25.0 Å². The lowest BCUT2D eigenvalue weighted by molar-refractivity contribution is -0.131. The van der Waals surface area contributed by atoms with Crippen LogP contribution in [0.25, 0.3) is 0 Å². The molecule has 0 fully saturated rings. The van der Waals surface area contributed by atoms with Crippen molar-refractivity contribution in [2.75, 3.05) is 18.9 Å². The Hall–Kier alpha value is -1.08. The van der Waals surface area contributed by atoms with Crippen LogP contribution in [0.3, 0.4) is 0 Å². The molecule has 18 heavy (non-hydrogen) atoms. The minimum Gasteiger partial charge on any atom is -0.369 e. The maximum atomic E-state index is 11.6. The molecule has 6 nitrogen and oxygen atoms in total. The van der Waals surface area contributed by atoms with Crippen LogP contribution in [-0.4, -0.2) is 45.7 Å². The minimum atomic E-state index is -0.384. The van der Waals surface area contributed by atoms with E-state index in [-0.39, 0.29) is 12.0 Å². The van der Waals surface area contributed by atoms with Crippen molar-refractivity contribution < 1.29 is 9.53 Å². The van der Waals surface area contributed by atoms with Crippen molar-refractivity contribution in [2.24, 2.45) is 7.05 Å². The van der Waals surface area contributed by atoms with Crippen LogP contribution in [0.4, 0.5) is 0 Å². The molecule has 0 aromatic carbocycles. The van der Waals surface area contributed by atoms with Gasteiger partial charge in [0.05, 0.1) is 0 Å². The number of thioether (sulfide) groups is 1. The Labute approximate surface area is 111 Å². The van der Waals surface area contributed by atoms with Gasteiger partial charge in [-0.2, -0.15) is 0 Å². The largest absolute Gasteiger partial charge is 0.369 e. The Balaban J connectivity index is 2.14. The summed E-state index contributed by atoms with van der Waals surface area (Å²) < 4.78 is 7.18. The number of ether oxygens (including phenoxy) is 1. The van der Waals surface area contributed by atoms with E-state index < -0.39 is 0 Å². The summed E-state index contributed by atoms with van der Waals surface area (Å²) in [4.78, 5) is 11.6. The van der Waals surface area contributed by atoms with E-state index in [1.807, 2.05) is 18.5 Å². The van der Waals surface area contributed by atoms with Gasteiger partial charge in [0, 0.05) is 26.0 Å². The quantitative estimate of drug-likeness (QED) is 0.561. The minimum absolute atomic E-state index is 0.0676. The Bertz CT molecular complexity index is 370. The highest BCUT2D eigenvalue weighted by Gasteiger charge is 2.11. The predicted octanol–water partition coefficient (Wildman–Crippen LogP) is 0.838. The molecule has 0 bridgehead atoms. The van der Waals surface area contributed by atoms with Crippen molar-refractivity contribution in [2.45, 2.75) is 31.5 Å². The molecule has 0 unspecified atom stereocenters. The molecule has 1 amide bonds. The number of carbonyl (C=O) groups excluding carboxylic acids is 1. The fraction of sp³-hybridized carbons (Fsp3) is 0.727. The monoisotopic (exact) mass is 272 g/mol. The lowest BCUT2D eigenvalue weighted by Crippen LogP contribution is -2.35. The number of nitrogens with zero attached hydrogens (tertiary/aromatic N) is 3. The van der Waals surface area contributed by atoms with Crippen LogP contribution in [-0.2, 0) is 16.6 Å². The molecule has 7 heteroatoms. The molecule has 0 saturated carbocycles. The van der Waals surface area contributed by atoms with Gasteiger partial charge in [0.2, 0.25) is 5.91 Å². The average molecular weight is 272 g/mol. The highest BCUT2D eigenvalue weighted by molar-refractivity contribution is 7.99. The number of hydrogen-bond donors (Lipinski definition) is 1. The molecule has 0 saturated heterocycles. The Morgan fingerprint density at radius 1 is 1.67 bits per heavy atom. The van der Waals surface area contributed by atoms with Gasteiger partial charge in [-0.25, -0.2) is 0 Å². The van der Waals surface area contributed by atoms with Crippen molar-refractivity contribution in [3.05, 3.63) is 6.33 Å². The van der Waals surface area contributed by atoms with E-state index in [4.69, 9.17) is 4.74 Å². The lowest BCUT2D eigenvalue weighted by atomic mass is 10.3. The first-order valence-corrected chi connectivity index (χ1v) is 6.99. The van der Waals surface area contributed by atoms with Crippen LogP contribution in [0.15, 0.2) is 11.5 Å². The van der Waals surface area contributed by atoms with Gasteiger partial charge in [-0.05, 0) is 13.3 Å². The van der Waals surface area contributed by atoms with Crippen molar-refractivity contribution in [3.63, 3.8) is 0 Å². The van der Waals surface area contributed by atoms with E-state index in [2.05, 4.69) is 15.5 Å². The van der Waals surface area contributed by atoms with Crippen LogP contribution in [0.5, 0.6) is 0 Å². The molecule has 0 aliphatic carbocycles. The van der Waals surface area contributed by atoms with Crippen molar-refractivity contribution in [1.29, 1.82) is 0 Å². The van der Waals surface area contributed by atoms with E-state index in [1.165, 1.54) is 0 Å². The summed E-state index contributed by atoms with van der Waals surface area (Å²) >= 11 is 1.56. The van der Waals surface area contributed by atoms with E-state index in [0.717, 1.165) is 17.3 Å². The molecule has 0 aliphatic rings. The Kier molecular flexibility index (Phi) is 6.74. The number of carbonyl (C=O) groups is 1. The Morgan fingerprint density at radius 2 is 2.44 bits per heavy atom. The first-order valence-electron chi connectivity index (χ1n) is 6.01. The summed E-state index contributed by atoms with van der Waals surface area (Å²) in [6.45, 7) is 4.99. The van der Waals surface area contributed by atoms with Gasteiger partial charge < -0.3 is 14.6 Å². The summed E-state index contributed by atoms with van der Waals surface area (Å²) in [5, 5.41) is 11.4. The summed E-state index contributed by atoms with van der Waals surface area (Å²) in [5.74, 6) is 0.695. The third kappa shape index (κ3) is 5.05. The van der Waals surface area contributed by atoms with Gasteiger partial charge in [0.1, 0.15) is 12.4 Å². The number of aromatic nitrogens is 3. The number of aryl methyl sites for hydroxylation is 1. The summed E-state index contributed by atoms with van der Waals surface area (Å²) in [7, 11) is 1.89. The average Bonchev–Trinajstić information content (AvgIpc) is 2.77. The second kappa shape index (κ2) is 8.10. The van der Waals surface area contributed by atoms with Crippen molar-refractivity contribution in [3.8, 4) is 0 Å². The first-order chi connectivity index (χ1) is 8.65. The number of rotatable bonds is 8. The second-order valence-electron chi connectivity index (χ2n) is 3.88. The third-order valence-electron chi connectivity index (χ3n) is 2.24.